The maximum atomic E-state index is 12.3. The first kappa shape index (κ1) is 19.9. The monoisotopic (exact) mass is 386 g/mol. The fourth-order valence-electron chi connectivity index (χ4n) is 5.55. The average Bonchev–Trinajstić information content (AvgIpc) is 2.76. The van der Waals surface area contributed by atoms with Crippen molar-refractivity contribution in [1.82, 2.24) is 0 Å². The standard InChI is InChI=1S/C27H31NO/c1-20(2)25-26(22-15-9-5-10-16-22)28(3)24(21-13-7-4-8-14-21)19-27(25,29)23-17-11-6-12-18-23/h4-18,20,24-26,29H,19H2,1-3H3/p+1/t24-,25-,26-,27-/m0/s1. The summed E-state index contributed by atoms with van der Waals surface area (Å²) in [6, 6.07) is 32.2. The Hall–Kier alpha value is -2.42. The SMILES string of the molecule is CC(C)[C@H]1[C@H](c2ccccc2)[NH+](C)[C@H](c2ccccc2)C[C@]1(O)c1ccccc1. The van der Waals surface area contributed by atoms with Gasteiger partial charge in [-0.15, -0.1) is 0 Å². The second kappa shape index (κ2) is 8.14. The fourth-order valence-corrected chi connectivity index (χ4v) is 5.55. The van der Waals surface area contributed by atoms with E-state index in [0.29, 0.717) is 5.92 Å². The molecule has 0 amide bonds. The highest BCUT2D eigenvalue weighted by Crippen LogP contribution is 2.49. The normalized spacial score (nSPS) is 29.7. The van der Waals surface area contributed by atoms with E-state index in [9.17, 15) is 5.11 Å². The van der Waals surface area contributed by atoms with Gasteiger partial charge in [-0.05, 0) is 11.5 Å². The summed E-state index contributed by atoms with van der Waals surface area (Å²) in [6.45, 7) is 4.51. The molecule has 2 heteroatoms. The number of piperidine rings is 1. The van der Waals surface area contributed by atoms with Gasteiger partial charge in [-0.25, -0.2) is 0 Å². The highest BCUT2D eigenvalue weighted by Gasteiger charge is 2.55. The van der Waals surface area contributed by atoms with Crippen molar-refractivity contribution in [2.24, 2.45) is 11.8 Å². The van der Waals surface area contributed by atoms with Crippen molar-refractivity contribution in [3.63, 3.8) is 0 Å². The summed E-state index contributed by atoms with van der Waals surface area (Å²) in [5.41, 5.74) is 2.75. The maximum absolute atomic E-state index is 12.3. The molecule has 1 unspecified atom stereocenters. The van der Waals surface area contributed by atoms with E-state index in [1.807, 2.05) is 18.2 Å². The Balaban J connectivity index is 1.90. The lowest BCUT2D eigenvalue weighted by molar-refractivity contribution is -0.958. The van der Waals surface area contributed by atoms with Gasteiger partial charge >= 0.3 is 0 Å². The highest BCUT2D eigenvalue weighted by atomic mass is 16.3. The van der Waals surface area contributed by atoms with E-state index in [1.165, 1.54) is 16.0 Å². The fraction of sp³-hybridized carbons (Fsp3) is 0.333. The van der Waals surface area contributed by atoms with E-state index in [-0.39, 0.29) is 18.0 Å². The van der Waals surface area contributed by atoms with Crippen LogP contribution in [-0.2, 0) is 5.60 Å². The van der Waals surface area contributed by atoms with Gasteiger partial charge < -0.3 is 10.0 Å². The zero-order valence-electron chi connectivity index (χ0n) is 17.6. The quantitative estimate of drug-likeness (QED) is 0.676. The summed E-state index contributed by atoms with van der Waals surface area (Å²) in [5.74, 6) is 0.462. The summed E-state index contributed by atoms with van der Waals surface area (Å²) in [5, 5.41) is 12.3. The van der Waals surface area contributed by atoms with Crippen molar-refractivity contribution in [3.05, 3.63) is 108 Å². The number of benzene rings is 3. The van der Waals surface area contributed by atoms with Gasteiger partial charge in [0.1, 0.15) is 17.7 Å². The third-order valence-electron chi connectivity index (χ3n) is 6.82. The molecule has 150 valence electrons. The summed E-state index contributed by atoms with van der Waals surface area (Å²) < 4.78 is 0. The predicted octanol–water partition coefficient (Wildman–Crippen LogP) is 4.55. The second-order valence-electron chi connectivity index (χ2n) is 8.86. The molecule has 3 aromatic carbocycles. The number of rotatable bonds is 4. The van der Waals surface area contributed by atoms with Crippen molar-refractivity contribution in [3.8, 4) is 0 Å². The van der Waals surface area contributed by atoms with E-state index in [1.54, 1.807) is 0 Å². The molecule has 0 aliphatic carbocycles. The first-order chi connectivity index (χ1) is 14.0. The van der Waals surface area contributed by atoms with Crippen molar-refractivity contribution in [2.45, 2.75) is 38.0 Å². The average molecular weight is 387 g/mol. The van der Waals surface area contributed by atoms with Crippen LogP contribution in [0.3, 0.4) is 0 Å². The molecule has 1 aliphatic rings. The molecule has 0 saturated carbocycles. The first-order valence-corrected chi connectivity index (χ1v) is 10.7. The molecule has 0 radical (unpaired) electrons. The van der Waals surface area contributed by atoms with Gasteiger partial charge in [-0.1, -0.05) is 105 Å². The topological polar surface area (TPSA) is 24.7 Å². The maximum Gasteiger partial charge on any atom is 0.120 e. The molecule has 1 fully saturated rings. The highest BCUT2D eigenvalue weighted by molar-refractivity contribution is 5.30. The molecule has 1 aliphatic heterocycles. The van der Waals surface area contributed by atoms with Gasteiger partial charge in [0.05, 0.1) is 13.0 Å². The summed E-state index contributed by atoms with van der Waals surface area (Å²) >= 11 is 0. The van der Waals surface area contributed by atoms with Crippen molar-refractivity contribution < 1.29 is 10.0 Å². The van der Waals surface area contributed by atoms with E-state index in [0.717, 1.165) is 12.0 Å². The van der Waals surface area contributed by atoms with Crippen LogP contribution in [0, 0.1) is 11.8 Å². The van der Waals surface area contributed by atoms with Gasteiger partial charge in [-0.2, -0.15) is 0 Å². The van der Waals surface area contributed by atoms with Gasteiger partial charge in [0.2, 0.25) is 0 Å². The van der Waals surface area contributed by atoms with Gasteiger partial charge in [0.25, 0.3) is 0 Å². The predicted molar refractivity (Wildman–Crippen MR) is 119 cm³/mol. The summed E-state index contributed by atoms with van der Waals surface area (Å²) in [7, 11) is 2.30. The smallest absolute Gasteiger partial charge is 0.120 e. The Labute approximate surface area is 174 Å². The molecule has 0 bridgehead atoms. The van der Waals surface area contributed by atoms with Crippen LogP contribution in [0.4, 0.5) is 0 Å². The lowest BCUT2D eigenvalue weighted by Crippen LogP contribution is -3.12. The Kier molecular flexibility index (Phi) is 5.58. The van der Waals surface area contributed by atoms with E-state index in [4.69, 9.17) is 0 Å². The Morgan fingerprint density at radius 1 is 0.793 bits per heavy atom. The number of hydrogen-bond donors (Lipinski definition) is 2. The first-order valence-electron chi connectivity index (χ1n) is 10.7. The molecule has 0 spiro atoms. The Morgan fingerprint density at radius 3 is 1.79 bits per heavy atom. The van der Waals surface area contributed by atoms with Crippen LogP contribution in [-0.4, -0.2) is 12.2 Å². The van der Waals surface area contributed by atoms with Crippen molar-refractivity contribution in [1.29, 1.82) is 0 Å². The molecule has 1 saturated heterocycles. The van der Waals surface area contributed by atoms with Crippen LogP contribution in [0.25, 0.3) is 0 Å². The number of aliphatic hydroxyl groups is 1. The van der Waals surface area contributed by atoms with Gasteiger partial charge in [-0.3, -0.25) is 0 Å². The Morgan fingerprint density at radius 2 is 1.28 bits per heavy atom. The number of likely N-dealkylation sites (tertiary alicyclic amines) is 1. The van der Waals surface area contributed by atoms with Crippen molar-refractivity contribution >= 4 is 0 Å². The molecule has 2 nitrogen and oxygen atoms in total. The molecule has 1 heterocycles. The molecule has 5 atom stereocenters. The van der Waals surface area contributed by atoms with Crippen LogP contribution < -0.4 is 4.90 Å². The number of hydrogen-bond acceptors (Lipinski definition) is 1. The number of quaternary nitrogens is 1. The van der Waals surface area contributed by atoms with Crippen LogP contribution in [0.15, 0.2) is 91.0 Å². The minimum Gasteiger partial charge on any atom is -0.384 e. The summed E-state index contributed by atoms with van der Waals surface area (Å²) in [4.78, 5) is 1.46. The van der Waals surface area contributed by atoms with Crippen LogP contribution >= 0.6 is 0 Å². The minimum absolute atomic E-state index is 0.118. The molecule has 4 rings (SSSR count). The third-order valence-corrected chi connectivity index (χ3v) is 6.82. The van der Waals surface area contributed by atoms with Crippen molar-refractivity contribution in [2.75, 3.05) is 7.05 Å². The van der Waals surface area contributed by atoms with Crippen LogP contribution in [0.2, 0.25) is 0 Å². The molecule has 29 heavy (non-hydrogen) atoms. The molecular formula is C27H32NO+. The van der Waals surface area contributed by atoms with Gasteiger partial charge in [0.15, 0.2) is 0 Å². The zero-order valence-corrected chi connectivity index (χ0v) is 17.6. The third kappa shape index (κ3) is 3.63. The van der Waals surface area contributed by atoms with E-state index in [2.05, 4.69) is 93.7 Å². The molecule has 0 aromatic heterocycles. The number of nitrogens with one attached hydrogen (secondary N) is 1. The second-order valence-corrected chi connectivity index (χ2v) is 8.86. The van der Waals surface area contributed by atoms with E-state index < -0.39 is 5.60 Å². The molecular weight excluding hydrogens is 354 g/mol. The van der Waals surface area contributed by atoms with Crippen LogP contribution in [0.5, 0.6) is 0 Å². The van der Waals surface area contributed by atoms with E-state index >= 15 is 0 Å². The lowest BCUT2D eigenvalue weighted by Gasteiger charge is -2.52. The summed E-state index contributed by atoms with van der Waals surface area (Å²) in [6.07, 6.45) is 0.721. The Bertz CT molecular complexity index is 909. The lowest BCUT2D eigenvalue weighted by atomic mass is 9.63. The molecule has 2 N–H and O–H groups in total. The zero-order chi connectivity index (χ0) is 20.4. The minimum atomic E-state index is -0.879. The van der Waals surface area contributed by atoms with Gasteiger partial charge in [0, 0.05) is 17.5 Å². The van der Waals surface area contributed by atoms with Crippen LogP contribution in [0.1, 0.15) is 49.0 Å². The largest absolute Gasteiger partial charge is 0.384 e. The molecule has 3 aromatic rings.